The van der Waals surface area contributed by atoms with E-state index < -0.39 is 0 Å². The van der Waals surface area contributed by atoms with Crippen molar-refractivity contribution in [2.75, 3.05) is 13.7 Å². The Morgan fingerprint density at radius 2 is 1.78 bits per heavy atom. The number of rotatable bonds is 8. The first-order valence-electron chi connectivity index (χ1n) is 10.1. The van der Waals surface area contributed by atoms with Crippen LogP contribution in [0.2, 0.25) is 0 Å². The summed E-state index contributed by atoms with van der Waals surface area (Å²) in [6.07, 6.45) is 1.67. The van der Waals surface area contributed by atoms with Crippen molar-refractivity contribution in [3.63, 3.8) is 0 Å². The largest absolute Gasteiger partial charge is 0.497 e. The summed E-state index contributed by atoms with van der Waals surface area (Å²) in [6.45, 7) is 0.242. The van der Waals surface area contributed by atoms with E-state index in [1.165, 1.54) is 4.68 Å². The van der Waals surface area contributed by atoms with Crippen molar-refractivity contribution < 1.29 is 14.3 Å². The van der Waals surface area contributed by atoms with Gasteiger partial charge in [0.1, 0.15) is 11.5 Å². The first-order chi connectivity index (χ1) is 15.6. The number of ether oxygens (including phenoxy) is 2. The normalized spacial score (nSPS) is 10.7. The average molecular weight is 430 g/mol. The highest BCUT2D eigenvalue weighted by atomic mass is 16.5. The lowest BCUT2D eigenvalue weighted by molar-refractivity contribution is -0.123. The number of fused-ring (bicyclic) bond motifs is 1. The van der Waals surface area contributed by atoms with Crippen LogP contribution in [0.15, 0.2) is 77.7 Å². The summed E-state index contributed by atoms with van der Waals surface area (Å²) in [4.78, 5) is 29.5. The first kappa shape index (κ1) is 21.0. The van der Waals surface area contributed by atoms with Gasteiger partial charge < -0.3 is 14.8 Å². The van der Waals surface area contributed by atoms with Gasteiger partial charge in [-0.2, -0.15) is 5.10 Å². The summed E-state index contributed by atoms with van der Waals surface area (Å²) >= 11 is 0. The third-order valence-electron chi connectivity index (χ3n) is 4.85. The Hall–Kier alpha value is -4.20. The Labute approximate surface area is 184 Å². The number of aromatic nitrogens is 3. The molecule has 162 valence electrons. The molecule has 0 spiro atoms. The molecule has 8 heteroatoms. The summed E-state index contributed by atoms with van der Waals surface area (Å²) in [7, 11) is 1.57. The summed E-state index contributed by atoms with van der Waals surface area (Å²) in [6, 6.07) is 19.8. The summed E-state index contributed by atoms with van der Waals surface area (Å²) in [5, 5.41) is 8.55. The quantitative estimate of drug-likeness (QED) is 0.462. The van der Waals surface area contributed by atoms with Crippen molar-refractivity contribution in [1.29, 1.82) is 0 Å². The molecule has 0 bridgehead atoms. The second-order valence-electron chi connectivity index (χ2n) is 7.02. The van der Waals surface area contributed by atoms with Crippen LogP contribution in [0.25, 0.3) is 10.8 Å². The lowest BCUT2D eigenvalue weighted by atomic mass is 10.1. The van der Waals surface area contributed by atoms with E-state index in [4.69, 9.17) is 9.47 Å². The van der Waals surface area contributed by atoms with E-state index in [9.17, 15) is 9.59 Å². The molecule has 0 aliphatic rings. The summed E-state index contributed by atoms with van der Waals surface area (Å²) in [5.41, 5.74) is 1.10. The molecule has 32 heavy (non-hydrogen) atoms. The Bertz CT molecular complexity index is 1290. The van der Waals surface area contributed by atoms with Crippen LogP contribution in [-0.4, -0.2) is 34.4 Å². The third-order valence-corrected chi connectivity index (χ3v) is 4.85. The minimum Gasteiger partial charge on any atom is -0.497 e. The number of benzene rings is 2. The van der Waals surface area contributed by atoms with E-state index in [0.717, 1.165) is 5.69 Å². The zero-order valence-corrected chi connectivity index (χ0v) is 17.5. The van der Waals surface area contributed by atoms with E-state index in [2.05, 4.69) is 15.4 Å². The number of carbonyl (C=O) groups is 1. The van der Waals surface area contributed by atoms with Crippen molar-refractivity contribution in [2.24, 2.45) is 0 Å². The van der Waals surface area contributed by atoms with Crippen LogP contribution in [-0.2, 0) is 17.9 Å². The van der Waals surface area contributed by atoms with Crippen LogP contribution in [0.5, 0.6) is 11.5 Å². The van der Waals surface area contributed by atoms with Crippen molar-refractivity contribution in [2.45, 2.75) is 13.1 Å². The van der Waals surface area contributed by atoms with E-state index in [1.54, 1.807) is 49.7 Å². The lowest BCUT2D eigenvalue weighted by Gasteiger charge is -2.12. The molecule has 2 aromatic heterocycles. The van der Waals surface area contributed by atoms with Crippen molar-refractivity contribution in [1.82, 2.24) is 20.1 Å². The maximum absolute atomic E-state index is 12.9. The van der Waals surface area contributed by atoms with Gasteiger partial charge in [0.25, 0.3) is 11.5 Å². The van der Waals surface area contributed by atoms with Gasteiger partial charge in [-0.15, -0.1) is 0 Å². The van der Waals surface area contributed by atoms with Gasteiger partial charge in [0.2, 0.25) is 0 Å². The number of methoxy groups -OCH3 is 1. The zero-order chi connectivity index (χ0) is 22.3. The molecule has 1 amide bonds. The molecule has 8 nitrogen and oxygen atoms in total. The molecule has 2 aromatic carbocycles. The smallest absolute Gasteiger partial charge is 0.275 e. The fraction of sp³-hybridized carbons (Fsp3) is 0.167. The van der Waals surface area contributed by atoms with E-state index in [1.807, 2.05) is 30.3 Å². The van der Waals surface area contributed by atoms with Crippen molar-refractivity contribution >= 4 is 16.7 Å². The fourth-order valence-electron chi connectivity index (χ4n) is 3.26. The van der Waals surface area contributed by atoms with Crippen LogP contribution in [0.4, 0.5) is 0 Å². The molecule has 0 saturated carbocycles. The van der Waals surface area contributed by atoms with Gasteiger partial charge in [-0.05, 0) is 30.3 Å². The molecule has 0 saturated heterocycles. The minimum atomic E-state index is -0.304. The number of hydrogen-bond acceptors (Lipinski definition) is 6. The molecule has 0 radical (unpaired) electrons. The van der Waals surface area contributed by atoms with Gasteiger partial charge in [0.05, 0.1) is 37.0 Å². The molecule has 2 heterocycles. The fourth-order valence-corrected chi connectivity index (χ4v) is 3.26. The Morgan fingerprint density at radius 3 is 2.56 bits per heavy atom. The second kappa shape index (κ2) is 9.74. The molecule has 1 N–H and O–H groups in total. The SMILES string of the molecule is COc1cccc(OCC(=O)NCc2nn(Cc3ccccn3)c(=O)c3ccccc23)c1. The Morgan fingerprint density at radius 1 is 1.00 bits per heavy atom. The third kappa shape index (κ3) is 4.92. The molecule has 0 atom stereocenters. The van der Waals surface area contributed by atoms with Gasteiger partial charge in [-0.3, -0.25) is 14.6 Å². The zero-order valence-electron chi connectivity index (χ0n) is 17.5. The summed E-state index contributed by atoms with van der Waals surface area (Å²) < 4.78 is 12.1. The van der Waals surface area contributed by atoms with Gasteiger partial charge in [-0.25, -0.2) is 4.68 Å². The lowest BCUT2D eigenvalue weighted by Crippen LogP contribution is -2.31. The highest BCUT2D eigenvalue weighted by Crippen LogP contribution is 2.18. The highest BCUT2D eigenvalue weighted by Gasteiger charge is 2.12. The van der Waals surface area contributed by atoms with Crippen LogP contribution in [0, 0.1) is 0 Å². The highest BCUT2D eigenvalue weighted by molar-refractivity contribution is 5.84. The topological polar surface area (TPSA) is 95.3 Å². The maximum Gasteiger partial charge on any atom is 0.275 e. The van der Waals surface area contributed by atoms with Crippen LogP contribution in [0.3, 0.4) is 0 Å². The van der Waals surface area contributed by atoms with Gasteiger partial charge in [0, 0.05) is 17.6 Å². The molecular weight excluding hydrogens is 408 g/mol. The van der Waals surface area contributed by atoms with E-state index in [0.29, 0.717) is 28.0 Å². The van der Waals surface area contributed by atoms with E-state index >= 15 is 0 Å². The van der Waals surface area contributed by atoms with Crippen LogP contribution in [0.1, 0.15) is 11.4 Å². The molecule has 0 aliphatic heterocycles. The van der Waals surface area contributed by atoms with Gasteiger partial charge >= 0.3 is 0 Å². The predicted molar refractivity (Wildman–Crippen MR) is 120 cm³/mol. The van der Waals surface area contributed by atoms with Crippen molar-refractivity contribution in [3.05, 3.63) is 94.7 Å². The number of nitrogens with one attached hydrogen (secondary N) is 1. The first-order valence-corrected chi connectivity index (χ1v) is 10.1. The molecule has 4 rings (SSSR count). The monoisotopic (exact) mass is 430 g/mol. The predicted octanol–water partition coefficient (Wildman–Crippen LogP) is 2.54. The Kier molecular flexibility index (Phi) is 6.41. The molecule has 0 unspecified atom stereocenters. The van der Waals surface area contributed by atoms with Crippen LogP contribution >= 0.6 is 0 Å². The maximum atomic E-state index is 12.9. The molecular formula is C24H22N4O4. The number of nitrogens with zero attached hydrogens (tertiary/aromatic N) is 3. The number of amides is 1. The standard InChI is InChI=1S/C24H22N4O4/c1-31-18-8-6-9-19(13-18)32-16-23(29)26-14-22-20-10-2-3-11-21(20)24(30)28(27-22)15-17-7-4-5-12-25-17/h2-13H,14-16H2,1H3,(H,26,29). The number of carbonyl (C=O) groups excluding carboxylic acids is 1. The number of hydrogen-bond donors (Lipinski definition) is 1. The van der Waals surface area contributed by atoms with Crippen LogP contribution < -0.4 is 20.3 Å². The van der Waals surface area contributed by atoms with E-state index in [-0.39, 0.29) is 31.2 Å². The summed E-state index contributed by atoms with van der Waals surface area (Å²) in [5.74, 6) is 0.877. The minimum absolute atomic E-state index is 0.154. The molecule has 4 aromatic rings. The molecule has 0 fully saturated rings. The number of pyridine rings is 1. The van der Waals surface area contributed by atoms with Crippen molar-refractivity contribution in [3.8, 4) is 11.5 Å². The Balaban J connectivity index is 1.49. The van der Waals surface area contributed by atoms with Gasteiger partial charge in [-0.1, -0.05) is 30.3 Å². The molecule has 0 aliphatic carbocycles. The average Bonchev–Trinajstić information content (AvgIpc) is 2.84. The second-order valence-corrected chi connectivity index (χ2v) is 7.02. The van der Waals surface area contributed by atoms with Gasteiger partial charge in [0.15, 0.2) is 6.61 Å².